The second-order valence-corrected chi connectivity index (χ2v) is 7.49. The lowest BCUT2D eigenvalue weighted by atomic mass is 9.79. The van der Waals surface area contributed by atoms with Crippen LogP contribution in [0.5, 0.6) is 5.75 Å². The highest BCUT2D eigenvalue weighted by molar-refractivity contribution is 6.04. The minimum Gasteiger partial charge on any atom is -0.497 e. The Labute approximate surface area is 166 Å². The monoisotopic (exact) mass is 380 g/mol. The summed E-state index contributed by atoms with van der Waals surface area (Å²) in [6.45, 7) is 3.97. The van der Waals surface area contributed by atoms with Crippen molar-refractivity contribution < 1.29 is 14.3 Å². The summed E-state index contributed by atoms with van der Waals surface area (Å²) < 4.78 is 5.22. The summed E-state index contributed by atoms with van der Waals surface area (Å²) in [4.78, 5) is 27.3. The first kappa shape index (κ1) is 19.9. The Kier molecular flexibility index (Phi) is 6.02. The van der Waals surface area contributed by atoms with Gasteiger partial charge in [0.05, 0.1) is 7.11 Å². The number of carbonyl (C=O) groups excluding carboxylic acids is 2. The molecule has 0 radical (unpaired) electrons. The Morgan fingerprint density at radius 1 is 1.04 bits per heavy atom. The third-order valence-corrected chi connectivity index (χ3v) is 5.74. The molecule has 0 aromatic heterocycles. The van der Waals surface area contributed by atoms with Crippen molar-refractivity contribution in [1.82, 2.24) is 0 Å². The zero-order valence-electron chi connectivity index (χ0n) is 16.8. The maximum atomic E-state index is 13.6. The Morgan fingerprint density at radius 3 is 2.18 bits per heavy atom. The van der Waals surface area contributed by atoms with E-state index in [0.717, 1.165) is 42.5 Å². The van der Waals surface area contributed by atoms with Crippen molar-refractivity contribution in [3.8, 4) is 5.75 Å². The number of nitrogens with zero attached hydrogens (tertiary/aromatic N) is 1. The van der Waals surface area contributed by atoms with Crippen molar-refractivity contribution in [2.45, 2.75) is 51.5 Å². The van der Waals surface area contributed by atoms with Gasteiger partial charge in [0.1, 0.15) is 11.3 Å². The van der Waals surface area contributed by atoms with Crippen molar-refractivity contribution in [1.29, 1.82) is 0 Å². The number of carbonyl (C=O) groups is 2. The highest BCUT2D eigenvalue weighted by Gasteiger charge is 2.45. The first-order chi connectivity index (χ1) is 13.5. The number of rotatable bonds is 6. The number of ether oxygens (including phenoxy) is 1. The van der Waals surface area contributed by atoms with Crippen LogP contribution in [0.1, 0.15) is 43.2 Å². The number of anilines is 2. The number of amides is 2. The fourth-order valence-corrected chi connectivity index (χ4v) is 4.11. The van der Waals surface area contributed by atoms with Crippen LogP contribution in [0.15, 0.2) is 42.5 Å². The van der Waals surface area contributed by atoms with Gasteiger partial charge in [-0.1, -0.05) is 37.5 Å². The van der Waals surface area contributed by atoms with E-state index in [1.807, 2.05) is 56.3 Å². The predicted molar refractivity (Wildman–Crippen MR) is 112 cm³/mol. The minimum atomic E-state index is -0.886. The molecule has 3 rings (SSSR count). The predicted octanol–water partition coefficient (Wildman–Crippen LogP) is 4.62. The second kappa shape index (κ2) is 8.46. The topological polar surface area (TPSA) is 58.6 Å². The maximum absolute atomic E-state index is 13.6. The molecule has 5 heteroatoms. The van der Waals surface area contributed by atoms with Crippen LogP contribution < -0.4 is 15.0 Å². The maximum Gasteiger partial charge on any atom is 0.250 e. The van der Waals surface area contributed by atoms with E-state index in [9.17, 15) is 9.59 Å². The molecule has 1 aliphatic carbocycles. The van der Waals surface area contributed by atoms with Gasteiger partial charge in [-0.3, -0.25) is 14.5 Å². The molecule has 0 spiro atoms. The van der Waals surface area contributed by atoms with Gasteiger partial charge in [0.15, 0.2) is 0 Å². The molecule has 1 saturated carbocycles. The number of para-hydroxylation sites is 1. The summed E-state index contributed by atoms with van der Waals surface area (Å²) in [5.74, 6) is 0.597. The third kappa shape index (κ3) is 3.75. The number of benzene rings is 2. The van der Waals surface area contributed by atoms with Crippen molar-refractivity contribution in [3.63, 3.8) is 0 Å². The van der Waals surface area contributed by atoms with E-state index in [1.54, 1.807) is 12.0 Å². The van der Waals surface area contributed by atoms with E-state index >= 15 is 0 Å². The van der Waals surface area contributed by atoms with Crippen LogP contribution in [0.2, 0.25) is 0 Å². The van der Waals surface area contributed by atoms with Crippen LogP contribution in [0.25, 0.3) is 0 Å². The molecule has 1 N–H and O–H groups in total. The number of methoxy groups -OCH3 is 1. The third-order valence-electron chi connectivity index (χ3n) is 5.74. The molecule has 0 heterocycles. The summed E-state index contributed by atoms with van der Waals surface area (Å²) in [5.41, 5.74) is 2.68. The van der Waals surface area contributed by atoms with Gasteiger partial charge in [-0.2, -0.15) is 0 Å². The molecule has 2 amide bonds. The first-order valence-corrected chi connectivity index (χ1v) is 9.78. The van der Waals surface area contributed by atoms with Gasteiger partial charge in [-0.05, 0) is 62.1 Å². The summed E-state index contributed by atoms with van der Waals surface area (Å²) in [5, 5.41) is 3.13. The largest absolute Gasteiger partial charge is 0.497 e. The van der Waals surface area contributed by atoms with E-state index in [-0.39, 0.29) is 5.91 Å². The van der Waals surface area contributed by atoms with Crippen molar-refractivity contribution in [2.24, 2.45) is 0 Å². The molecule has 1 aliphatic rings. The molecule has 0 bridgehead atoms. The van der Waals surface area contributed by atoms with E-state index in [2.05, 4.69) is 5.32 Å². The molecular formula is C23H28N2O3. The van der Waals surface area contributed by atoms with Gasteiger partial charge in [0.2, 0.25) is 6.41 Å². The van der Waals surface area contributed by atoms with Crippen molar-refractivity contribution in [3.05, 3.63) is 53.6 Å². The summed E-state index contributed by atoms with van der Waals surface area (Å²) in [6.07, 6.45) is 5.00. The quantitative estimate of drug-likeness (QED) is 0.744. The SMILES string of the molecule is COc1ccc(N(C=O)C2(C(=O)Nc3c(C)cccc3C)CCCCC2)cc1. The zero-order valence-corrected chi connectivity index (χ0v) is 16.8. The molecular weight excluding hydrogens is 352 g/mol. The van der Waals surface area contributed by atoms with E-state index < -0.39 is 5.54 Å². The van der Waals surface area contributed by atoms with Gasteiger partial charge in [-0.25, -0.2) is 0 Å². The molecule has 28 heavy (non-hydrogen) atoms. The van der Waals surface area contributed by atoms with Crippen LogP contribution in [0, 0.1) is 13.8 Å². The van der Waals surface area contributed by atoms with E-state index in [1.165, 1.54) is 0 Å². The van der Waals surface area contributed by atoms with Gasteiger partial charge in [0, 0.05) is 11.4 Å². The Hall–Kier alpha value is -2.82. The fourth-order valence-electron chi connectivity index (χ4n) is 4.11. The Morgan fingerprint density at radius 2 is 1.64 bits per heavy atom. The first-order valence-electron chi connectivity index (χ1n) is 9.78. The van der Waals surface area contributed by atoms with Crippen molar-refractivity contribution in [2.75, 3.05) is 17.3 Å². The number of hydrogen-bond donors (Lipinski definition) is 1. The van der Waals surface area contributed by atoms with E-state index in [4.69, 9.17) is 4.74 Å². The van der Waals surface area contributed by atoms with Gasteiger partial charge in [0.25, 0.3) is 5.91 Å². The van der Waals surface area contributed by atoms with Gasteiger partial charge >= 0.3 is 0 Å². The van der Waals surface area contributed by atoms with Crippen LogP contribution in [0.3, 0.4) is 0 Å². The summed E-state index contributed by atoms with van der Waals surface area (Å²) in [7, 11) is 1.60. The van der Waals surface area contributed by atoms with Crippen LogP contribution >= 0.6 is 0 Å². The van der Waals surface area contributed by atoms with Gasteiger partial charge < -0.3 is 10.1 Å². The van der Waals surface area contributed by atoms with Crippen LogP contribution in [-0.4, -0.2) is 25.0 Å². The lowest BCUT2D eigenvalue weighted by Crippen LogP contribution is -2.58. The Bertz CT molecular complexity index is 819. The fraction of sp³-hybridized carbons (Fsp3) is 0.391. The molecule has 2 aromatic carbocycles. The molecule has 1 fully saturated rings. The molecule has 5 nitrogen and oxygen atoms in total. The average molecular weight is 380 g/mol. The highest BCUT2D eigenvalue weighted by atomic mass is 16.5. The zero-order chi connectivity index (χ0) is 20.1. The smallest absolute Gasteiger partial charge is 0.250 e. The highest BCUT2D eigenvalue weighted by Crippen LogP contribution is 2.38. The summed E-state index contributed by atoms with van der Waals surface area (Å²) in [6, 6.07) is 13.2. The number of nitrogens with one attached hydrogen (secondary N) is 1. The standard InChI is InChI=1S/C23H28N2O3/c1-17-8-7-9-18(2)21(17)24-22(27)23(14-5-4-6-15-23)25(16-26)19-10-12-20(28-3)13-11-19/h7-13,16H,4-6,14-15H2,1-3H3,(H,24,27). The lowest BCUT2D eigenvalue weighted by molar-refractivity contribution is -0.124. The minimum absolute atomic E-state index is 0.118. The van der Waals surface area contributed by atoms with Crippen molar-refractivity contribution >= 4 is 23.7 Å². The molecule has 2 aromatic rings. The van der Waals surface area contributed by atoms with Crippen LogP contribution in [0.4, 0.5) is 11.4 Å². The number of aryl methyl sites for hydroxylation is 2. The van der Waals surface area contributed by atoms with Gasteiger partial charge in [-0.15, -0.1) is 0 Å². The molecule has 0 saturated heterocycles. The van der Waals surface area contributed by atoms with E-state index in [0.29, 0.717) is 24.3 Å². The molecule has 148 valence electrons. The average Bonchev–Trinajstić information content (AvgIpc) is 2.72. The molecule has 0 atom stereocenters. The van der Waals surface area contributed by atoms with Crippen LogP contribution in [-0.2, 0) is 9.59 Å². The molecule has 0 aliphatic heterocycles. The second-order valence-electron chi connectivity index (χ2n) is 7.49. The molecule has 0 unspecified atom stereocenters. The lowest BCUT2D eigenvalue weighted by Gasteiger charge is -2.43. The summed E-state index contributed by atoms with van der Waals surface area (Å²) >= 11 is 0. The number of hydrogen-bond acceptors (Lipinski definition) is 3. The Balaban J connectivity index is 1.98. The normalized spacial score (nSPS) is 15.5.